The minimum absolute atomic E-state index is 0.136. The Morgan fingerprint density at radius 3 is 2.69 bits per heavy atom. The topological polar surface area (TPSA) is 83.5 Å². The molecule has 0 bridgehead atoms. The van der Waals surface area contributed by atoms with Gasteiger partial charge >= 0.3 is 5.97 Å². The van der Waals surface area contributed by atoms with Crippen LogP contribution in [0.5, 0.6) is 0 Å². The number of aromatic carboxylic acids is 1. The van der Waals surface area contributed by atoms with E-state index in [2.05, 4.69) is 0 Å². The molecule has 0 saturated carbocycles. The van der Waals surface area contributed by atoms with Gasteiger partial charge in [-0.25, -0.2) is 22.3 Å². The van der Waals surface area contributed by atoms with Crippen LogP contribution in [-0.4, -0.2) is 32.7 Å². The molecule has 0 aliphatic rings. The second-order valence-electron chi connectivity index (χ2n) is 2.92. The molecular formula is C9H10FNO4S. The number of halogens is 1. The van der Waals surface area contributed by atoms with E-state index in [4.69, 9.17) is 5.11 Å². The first-order valence-electron chi connectivity index (χ1n) is 4.36. The molecule has 0 fully saturated rings. The quantitative estimate of drug-likeness (QED) is 0.799. The van der Waals surface area contributed by atoms with Gasteiger partial charge in [-0.05, 0) is 18.2 Å². The van der Waals surface area contributed by atoms with Crippen molar-refractivity contribution in [1.29, 1.82) is 0 Å². The van der Waals surface area contributed by atoms with Crippen LogP contribution in [0.3, 0.4) is 0 Å². The Hall–Kier alpha value is -1.47. The number of carbonyl (C=O) groups is 1. The molecule has 0 atom stereocenters. The lowest BCUT2D eigenvalue weighted by Gasteiger charge is -2.05. The number of hydrogen-bond donors (Lipinski definition) is 2. The average Bonchev–Trinajstić information content (AvgIpc) is 2.26. The highest BCUT2D eigenvalue weighted by atomic mass is 32.2. The lowest BCUT2D eigenvalue weighted by atomic mass is 10.2. The first-order valence-corrected chi connectivity index (χ1v) is 5.84. The van der Waals surface area contributed by atoms with Crippen molar-refractivity contribution in [3.05, 3.63) is 29.8 Å². The number of benzene rings is 1. The van der Waals surface area contributed by atoms with Crippen LogP contribution in [-0.2, 0) is 10.0 Å². The molecule has 5 nitrogen and oxygen atoms in total. The Bertz CT molecular complexity index is 486. The zero-order chi connectivity index (χ0) is 12.2. The van der Waals surface area contributed by atoms with Crippen LogP contribution in [0.1, 0.15) is 10.4 Å². The van der Waals surface area contributed by atoms with Gasteiger partial charge in [-0.15, -0.1) is 0 Å². The molecule has 0 amide bonds. The Labute approximate surface area is 92.0 Å². The smallest absolute Gasteiger partial charge is 0.335 e. The van der Waals surface area contributed by atoms with Gasteiger partial charge in [-0.3, -0.25) is 0 Å². The Balaban J connectivity index is 3.04. The maximum Gasteiger partial charge on any atom is 0.335 e. The first-order chi connectivity index (χ1) is 7.47. The largest absolute Gasteiger partial charge is 0.478 e. The summed E-state index contributed by atoms with van der Waals surface area (Å²) in [6, 6.07) is 4.85. The van der Waals surface area contributed by atoms with E-state index in [1.807, 2.05) is 4.72 Å². The van der Waals surface area contributed by atoms with E-state index in [0.717, 1.165) is 6.07 Å². The number of carboxylic acids is 1. The molecule has 0 unspecified atom stereocenters. The maximum absolute atomic E-state index is 11.8. The maximum atomic E-state index is 11.8. The van der Waals surface area contributed by atoms with Crippen LogP contribution in [0.25, 0.3) is 0 Å². The van der Waals surface area contributed by atoms with E-state index in [-0.39, 0.29) is 17.0 Å². The zero-order valence-corrected chi connectivity index (χ0v) is 9.00. The molecule has 0 spiro atoms. The molecule has 16 heavy (non-hydrogen) atoms. The predicted molar refractivity (Wildman–Crippen MR) is 54.6 cm³/mol. The first kappa shape index (κ1) is 12.6. The third-order valence-corrected chi connectivity index (χ3v) is 3.24. The van der Waals surface area contributed by atoms with Crippen molar-refractivity contribution in [2.75, 3.05) is 13.2 Å². The van der Waals surface area contributed by atoms with Crippen LogP contribution in [0, 0.1) is 0 Å². The number of sulfonamides is 1. The summed E-state index contributed by atoms with van der Waals surface area (Å²) in [6.45, 7) is -1.16. The fraction of sp³-hybridized carbons (Fsp3) is 0.222. The van der Waals surface area contributed by atoms with Gasteiger partial charge in [0.2, 0.25) is 10.0 Å². The van der Waals surface area contributed by atoms with Crippen LogP contribution in [0.2, 0.25) is 0 Å². The SMILES string of the molecule is O=C(O)c1cccc(S(=O)(=O)NCCF)c1. The summed E-state index contributed by atoms with van der Waals surface area (Å²) in [6.07, 6.45) is 0. The molecule has 1 aromatic carbocycles. The Kier molecular flexibility index (Phi) is 3.97. The molecule has 0 saturated heterocycles. The summed E-state index contributed by atoms with van der Waals surface area (Å²) in [4.78, 5) is 10.4. The molecule has 88 valence electrons. The third kappa shape index (κ3) is 3.01. The van der Waals surface area contributed by atoms with Crippen molar-refractivity contribution < 1.29 is 22.7 Å². The van der Waals surface area contributed by atoms with Crippen LogP contribution in [0.4, 0.5) is 4.39 Å². The third-order valence-electron chi connectivity index (χ3n) is 1.78. The Morgan fingerprint density at radius 2 is 2.12 bits per heavy atom. The van der Waals surface area contributed by atoms with E-state index in [9.17, 15) is 17.6 Å². The fourth-order valence-electron chi connectivity index (χ4n) is 1.05. The van der Waals surface area contributed by atoms with Crippen molar-refractivity contribution in [2.24, 2.45) is 0 Å². The molecule has 0 aromatic heterocycles. The summed E-state index contributed by atoms with van der Waals surface area (Å²) < 4.78 is 36.8. The number of alkyl halides is 1. The van der Waals surface area contributed by atoms with Gasteiger partial charge in [0.05, 0.1) is 10.5 Å². The lowest BCUT2D eigenvalue weighted by molar-refractivity contribution is 0.0696. The minimum atomic E-state index is -3.83. The summed E-state index contributed by atoms with van der Waals surface area (Å²) in [5, 5.41) is 8.68. The van der Waals surface area contributed by atoms with E-state index in [1.54, 1.807) is 0 Å². The van der Waals surface area contributed by atoms with Crippen molar-refractivity contribution in [1.82, 2.24) is 4.72 Å². The van der Waals surface area contributed by atoms with Crippen LogP contribution >= 0.6 is 0 Å². The highest BCUT2D eigenvalue weighted by molar-refractivity contribution is 7.89. The van der Waals surface area contributed by atoms with Crippen molar-refractivity contribution >= 4 is 16.0 Å². The van der Waals surface area contributed by atoms with Gasteiger partial charge in [-0.2, -0.15) is 0 Å². The lowest BCUT2D eigenvalue weighted by Crippen LogP contribution is -2.25. The molecule has 0 heterocycles. The van der Waals surface area contributed by atoms with Gasteiger partial charge in [0, 0.05) is 6.54 Å². The van der Waals surface area contributed by atoms with Crippen LogP contribution < -0.4 is 4.72 Å². The molecular weight excluding hydrogens is 237 g/mol. The Morgan fingerprint density at radius 1 is 1.44 bits per heavy atom. The fourth-order valence-corrected chi connectivity index (χ4v) is 2.10. The van der Waals surface area contributed by atoms with Gasteiger partial charge in [-0.1, -0.05) is 6.07 Å². The summed E-state index contributed by atoms with van der Waals surface area (Å²) in [5.41, 5.74) is -0.136. The molecule has 0 aliphatic heterocycles. The highest BCUT2D eigenvalue weighted by Crippen LogP contribution is 2.11. The minimum Gasteiger partial charge on any atom is -0.478 e. The number of hydrogen-bond acceptors (Lipinski definition) is 3. The summed E-state index contributed by atoms with van der Waals surface area (Å²) in [7, 11) is -3.83. The van der Waals surface area contributed by atoms with E-state index in [1.165, 1.54) is 18.2 Å². The molecule has 1 aromatic rings. The zero-order valence-electron chi connectivity index (χ0n) is 8.18. The van der Waals surface area contributed by atoms with Crippen molar-refractivity contribution in [3.8, 4) is 0 Å². The predicted octanol–water partition coefficient (Wildman–Crippen LogP) is 0.633. The van der Waals surface area contributed by atoms with Crippen molar-refractivity contribution in [2.45, 2.75) is 4.90 Å². The highest BCUT2D eigenvalue weighted by Gasteiger charge is 2.15. The summed E-state index contributed by atoms with van der Waals surface area (Å²) >= 11 is 0. The number of carboxylic acid groups (broad SMARTS) is 1. The molecule has 0 radical (unpaired) electrons. The normalized spacial score (nSPS) is 11.3. The van der Waals surface area contributed by atoms with E-state index in [0.29, 0.717) is 0 Å². The monoisotopic (exact) mass is 247 g/mol. The molecule has 2 N–H and O–H groups in total. The molecule has 1 rings (SSSR count). The van der Waals surface area contributed by atoms with Gasteiger partial charge in [0.15, 0.2) is 0 Å². The number of nitrogens with one attached hydrogen (secondary N) is 1. The van der Waals surface area contributed by atoms with E-state index >= 15 is 0 Å². The van der Waals surface area contributed by atoms with Crippen molar-refractivity contribution in [3.63, 3.8) is 0 Å². The van der Waals surface area contributed by atoms with Gasteiger partial charge in [0.1, 0.15) is 6.67 Å². The van der Waals surface area contributed by atoms with Crippen LogP contribution in [0.15, 0.2) is 29.2 Å². The summed E-state index contributed by atoms with van der Waals surface area (Å²) in [5.74, 6) is -1.22. The second kappa shape index (κ2) is 5.04. The molecule has 0 aliphatic carbocycles. The molecule has 7 heteroatoms. The standard InChI is InChI=1S/C9H10FNO4S/c10-4-5-11-16(14,15)8-3-1-2-7(6-8)9(12)13/h1-3,6,11H,4-5H2,(H,12,13). The second-order valence-corrected chi connectivity index (χ2v) is 4.69. The average molecular weight is 247 g/mol. The van der Waals surface area contributed by atoms with Gasteiger partial charge in [0.25, 0.3) is 0 Å². The van der Waals surface area contributed by atoms with Gasteiger partial charge < -0.3 is 5.11 Å². The number of rotatable bonds is 5. The van der Waals surface area contributed by atoms with E-state index < -0.39 is 22.7 Å².